The highest BCUT2D eigenvalue weighted by Gasteiger charge is 2.14. The van der Waals surface area contributed by atoms with E-state index in [2.05, 4.69) is 33.0 Å². The number of rotatable bonds is 2. The van der Waals surface area contributed by atoms with Crippen LogP contribution < -0.4 is 11.5 Å². The number of benzene rings is 3. The quantitative estimate of drug-likeness (QED) is 0.447. The summed E-state index contributed by atoms with van der Waals surface area (Å²) in [6, 6.07) is 17.9. The third-order valence-corrected chi connectivity index (χ3v) is 4.88. The highest BCUT2D eigenvalue weighted by atomic mass is 79.9. The van der Waals surface area contributed by atoms with E-state index in [4.69, 9.17) is 15.9 Å². The van der Waals surface area contributed by atoms with E-state index in [1.54, 1.807) is 0 Å². The number of nitrogens with two attached hydrogens (primary N) is 2. The van der Waals surface area contributed by atoms with Gasteiger partial charge >= 0.3 is 0 Å². The summed E-state index contributed by atoms with van der Waals surface area (Å²) < 4.78 is 6.81. The van der Waals surface area contributed by atoms with Gasteiger partial charge in [-0.1, -0.05) is 30.3 Å². The number of halogens is 1. The minimum Gasteiger partial charge on any atom is -0.435 e. The highest BCUT2D eigenvalue weighted by molar-refractivity contribution is 9.10. The second-order valence-electron chi connectivity index (χ2n) is 5.97. The minimum absolute atomic E-state index is 0.499. The Morgan fingerprint density at radius 2 is 1.56 bits per heavy atom. The molecule has 1 aromatic heterocycles. The maximum atomic E-state index is 6.02. The van der Waals surface area contributed by atoms with E-state index < -0.39 is 0 Å². The lowest BCUT2D eigenvalue weighted by Gasteiger charge is -2.05. The number of nitrogen functional groups attached to an aromatic ring is 2. The third kappa shape index (κ3) is 2.76. The van der Waals surface area contributed by atoms with Crippen LogP contribution in [-0.4, -0.2) is 4.98 Å². The summed E-state index contributed by atoms with van der Waals surface area (Å²) in [6.45, 7) is 1.89. The molecule has 0 amide bonds. The van der Waals surface area contributed by atoms with Crippen molar-refractivity contribution in [1.29, 1.82) is 0 Å². The fourth-order valence-electron chi connectivity index (χ4n) is 2.80. The Labute approximate surface area is 153 Å². The second kappa shape index (κ2) is 5.93. The monoisotopic (exact) mass is 393 g/mol. The van der Waals surface area contributed by atoms with Gasteiger partial charge in [0.1, 0.15) is 5.52 Å². The van der Waals surface area contributed by atoms with Crippen molar-refractivity contribution in [2.75, 3.05) is 11.5 Å². The van der Waals surface area contributed by atoms with Crippen LogP contribution in [0.15, 0.2) is 63.5 Å². The number of hydrogen-bond acceptors (Lipinski definition) is 4. The Balaban J connectivity index is 1.87. The average molecular weight is 394 g/mol. The van der Waals surface area contributed by atoms with E-state index >= 15 is 0 Å². The van der Waals surface area contributed by atoms with Crippen molar-refractivity contribution in [3.63, 3.8) is 0 Å². The third-order valence-electron chi connectivity index (χ3n) is 4.29. The Morgan fingerprint density at radius 1 is 0.880 bits per heavy atom. The molecule has 0 spiro atoms. The van der Waals surface area contributed by atoms with Crippen molar-refractivity contribution in [2.45, 2.75) is 6.92 Å². The molecule has 5 heteroatoms. The van der Waals surface area contributed by atoms with E-state index in [9.17, 15) is 0 Å². The summed E-state index contributed by atoms with van der Waals surface area (Å²) in [7, 11) is 0. The summed E-state index contributed by atoms with van der Waals surface area (Å²) in [4.78, 5) is 4.63. The zero-order valence-corrected chi connectivity index (χ0v) is 15.2. The number of aromatic nitrogens is 1. The molecule has 1 heterocycles. The second-order valence-corrected chi connectivity index (χ2v) is 6.83. The van der Waals surface area contributed by atoms with E-state index in [1.165, 1.54) is 0 Å². The highest BCUT2D eigenvalue weighted by Crippen LogP contribution is 2.35. The van der Waals surface area contributed by atoms with E-state index in [-0.39, 0.29) is 0 Å². The molecule has 0 aliphatic carbocycles. The fourth-order valence-corrected chi connectivity index (χ4v) is 3.33. The number of nitrogens with zero attached hydrogens (tertiary/aromatic N) is 1. The van der Waals surface area contributed by atoms with Crippen molar-refractivity contribution in [3.05, 3.63) is 64.6 Å². The van der Waals surface area contributed by atoms with Crippen LogP contribution in [0.25, 0.3) is 33.7 Å². The van der Waals surface area contributed by atoms with Gasteiger partial charge in [0, 0.05) is 16.9 Å². The smallest absolute Gasteiger partial charge is 0.227 e. The topological polar surface area (TPSA) is 78.1 Å². The number of fused-ring (bicyclic) bond motifs is 1. The molecule has 4 rings (SSSR count). The standard InChI is InChI=1S/C20H16BrN3O/c1-11-16(22)8-14(9-17(11)23)20-24-18-10-13(7-15(21)19(18)25-20)12-5-3-2-4-6-12/h2-10H,22-23H2,1H3. The molecule has 0 bridgehead atoms. The van der Waals surface area contributed by atoms with Gasteiger partial charge in [-0.3, -0.25) is 0 Å². The zero-order chi connectivity index (χ0) is 17.6. The molecule has 124 valence electrons. The summed E-state index contributed by atoms with van der Waals surface area (Å²) in [5.41, 5.74) is 18.6. The number of hydrogen-bond donors (Lipinski definition) is 2. The predicted octanol–water partition coefficient (Wildman–Crippen LogP) is 5.40. The number of anilines is 2. The predicted molar refractivity (Wildman–Crippen MR) is 106 cm³/mol. The van der Waals surface area contributed by atoms with Gasteiger partial charge in [-0.2, -0.15) is 0 Å². The van der Waals surface area contributed by atoms with Gasteiger partial charge in [0.2, 0.25) is 5.89 Å². The first-order valence-corrected chi connectivity index (χ1v) is 8.63. The molecular weight excluding hydrogens is 378 g/mol. The van der Waals surface area contributed by atoms with Gasteiger partial charge in [-0.15, -0.1) is 0 Å². The first kappa shape index (κ1) is 15.7. The van der Waals surface area contributed by atoms with Crippen LogP contribution in [0, 0.1) is 6.92 Å². The largest absolute Gasteiger partial charge is 0.435 e. The molecular formula is C20H16BrN3O. The van der Waals surface area contributed by atoms with Crippen LogP contribution in [0.2, 0.25) is 0 Å². The average Bonchev–Trinajstić information content (AvgIpc) is 3.05. The van der Waals surface area contributed by atoms with Crippen LogP contribution >= 0.6 is 15.9 Å². The molecule has 0 radical (unpaired) electrons. The SMILES string of the molecule is Cc1c(N)cc(-c2nc3cc(-c4ccccc4)cc(Br)c3o2)cc1N. The van der Waals surface area contributed by atoms with Gasteiger partial charge in [-0.05, 0) is 63.8 Å². The van der Waals surface area contributed by atoms with E-state index in [0.717, 1.165) is 32.2 Å². The summed E-state index contributed by atoms with van der Waals surface area (Å²) in [6.07, 6.45) is 0. The maximum Gasteiger partial charge on any atom is 0.227 e. The first-order chi connectivity index (χ1) is 12.0. The fraction of sp³-hybridized carbons (Fsp3) is 0.0500. The molecule has 25 heavy (non-hydrogen) atoms. The lowest BCUT2D eigenvalue weighted by molar-refractivity contribution is 0.618. The maximum absolute atomic E-state index is 6.02. The number of oxazole rings is 1. The van der Waals surface area contributed by atoms with Gasteiger partial charge in [-0.25, -0.2) is 4.98 Å². The summed E-state index contributed by atoms with van der Waals surface area (Å²) in [5, 5.41) is 0. The van der Waals surface area contributed by atoms with Crippen molar-refractivity contribution in [2.24, 2.45) is 0 Å². The van der Waals surface area contributed by atoms with Crippen molar-refractivity contribution < 1.29 is 4.42 Å². The molecule has 0 saturated carbocycles. The molecule has 4 aromatic rings. The zero-order valence-electron chi connectivity index (χ0n) is 13.6. The Hall–Kier alpha value is -2.79. The molecule has 0 aliphatic rings. The first-order valence-electron chi connectivity index (χ1n) is 7.84. The molecule has 0 fully saturated rings. The van der Waals surface area contributed by atoms with Gasteiger partial charge in [0.15, 0.2) is 5.58 Å². The summed E-state index contributed by atoms with van der Waals surface area (Å²) >= 11 is 3.59. The van der Waals surface area contributed by atoms with Crippen LogP contribution in [0.1, 0.15) is 5.56 Å². The van der Waals surface area contributed by atoms with E-state index in [1.807, 2.05) is 49.4 Å². The van der Waals surface area contributed by atoms with Crippen molar-refractivity contribution in [3.8, 4) is 22.6 Å². The Morgan fingerprint density at radius 3 is 2.24 bits per heavy atom. The molecule has 0 saturated heterocycles. The lowest BCUT2D eigenvalue weighted by atomic mass is 10.1. The van der Waals surface area contributed by atoms with Crippen LogP contribution in [0.3, 0.4) is 0 Å². The van der Waals surface area contributed by atoms with Crippen LogP contribution in [-0.2, 0) is 0 Å². The molecule has 0 unspecified atom stereocenters. The lowest BCUT2D eigenvalue weighted by Crippen LogP contribution is -1.96. The van der Waals surface area contributed by atoms with Crippen molar-refractivity contribution in [1.82, 2.24) is 4.98 Å². The van der Waals surface area contributed by atoms with E-state index in [0.29, 0.717) is 22.8 Å². The molecule has 0 atom stereocenters. The Kier molecular flexibility index (Phi) is 3.73. The minimum atomic E-state index is 0.499. The molecule has 4 N–H and O–H groups in total. The van der Waals surface area contributed by atoms with Crippen molar-refractivity contribution >= 4 is 38.4 Å². The van der Waals surface area contributed by atoms with Crippen LogP contribution in [0.5, 0.6) is 0 Å². The molecule has 3 aromatic carbocycles. The van der Waals surface area contributed by atoms with Gasteiger partial charge in [0.25, 0.3) is 0 Å². The van der Waals surface area contributed by atoms with Gasteiger partial charge < -0.3 is 15.9 Å². The normalized spacial score (nSPS) is 11.1. The van der Waals surface area contributed by atoms with Gasteiger partial charge in [0.05, 0.1) is 4.47 Å². The molecule has 4 nitrogen and oxygen atoms in total. The summed E-state index contributed by atoms with van der Waals surface area (Å²) in [5.74, 6) is 0.499. The Bertz CT molecular complexity index is 1060. The van der Waals surface area contributed by atoms with Crippen LogP contribution in [0.4, 0.5) is 11.4 Å². The molecule has 0 aliphatic heterocycles.